The molecule has 0 atom stereocenters. The maximum Gasteiger partial charge on any atom is 0.292 e. The van der Waals surface area contributed by atoms with Gasteiger partial charge in [-0.2, -0.15) is 8.42 Å². The van der Waals surface area contributed by atoms with Crippen LogP contribution in [0.2, 0.25) is 0 Å². The first-order chi connectivity index (χ1) is 7.91. The second kappa shape index (κ2) is 5.95. The summed E-state index contributed by atoms with van der Waals surface area (Å²) in [6, 6.07) is 7.90. The van der Waals surface area contributed by atoms with E-state index in [0.29, 0.717) is 13.0 Å². The van der Waals surface area contributed by atoms with Gasteiger partial charge in [0.05, 0.1) is 18.1 Å². The Balaban J connectivity index is 2.35. The summed E-state index contributed by atoms with van der Waals surface area (Å²) in [5.41, 5.74) is 2.33. The third kappa shape index (κ3) is 4.68. The smallest absolute Gasteiger partial charge is 0.292 e. The summed E-state index contributed by atoms with van der Waals surface area (Å²) in [6.45, 7) is 5.44. The van der Waals surface area contributed by atoms with Gasteiger partial charge in [-0.3, -0.25) is 4.55 Å². The Morgan fingerprint density at radius 3 is 2.65 bits per heavy atom. The van der Waals surface area contributed by atoms with Crippen LogP contribution in [0.15, 0.2) is 35.7 Å². The van der Waals surface area contributed by atoms with Crippen LogP contribution >= 0.6 is 0 Å². The summed E-state index contributed by atoms with van der Waals surface area (Å²) >= 11 is 0. The molecule has 0 amide bonds. The summed E-state index contributed by atoms with van der Waals surface area (Å²) in [5.74, 6) is 0. The lowest BCUT2D eigenvalue weighted by Crippen LogP contribution is -2.09. The molecular formula is C12H16O4S. The van der Waals surface area contributed by atoms with Crippen molar-refractivity contribution in [2.75, 3.05) is 13.2 Å². The number of hydrogen-bond donors (Lipinski definition) is 1. The zero-order valence-corrected chi connectivity index (χ0v) is 10.5. The quantitative estimate of drug-likeness (QED) is 0.624. The van der Waals surface area contributed by atoms with E-state index >= 15 is 0 Å². The van der Waals surface area contributed by atoms with E-state index in [-0.39, 0.29) is 11.5 Å². The second-order valence-corrected chi connectivity index (χ2v) is 5.27. The molecule has 0 bridgehead atoms. The Morgan fingerprint density at radius 1 is 1.41 bits per heavy atom. The van der Waals surface area contributed by atoms with Gasteiger partial charge in [0.15, 0.2) is 0 Å². The molecule has 0 aliphatic carbocycles. The molecule has 1 aromatic carbocycles. The zero-order chi connectivity index (χ0) is 12.9. The van der Waals surface area contributed by atoms with E-state index in [9.17, 15) is 8.42 Å². The Morgan fingerprint density at radius 2 is 2.06 bits per heavy atom. The normalized spacial score (nSPS) is 11.4. The van der Waals surface area contributed by atoms with Crippen LogP contribution in [0, 0.1) is 6.92 Å². The van der Waals surface area contributed by atoms with Crippen molar-refractivity contribution in [3.8, 4) is 0 Å². The summed E-state index contributed by atoms with van der Waals surface area (Å²) < 4.78 is 35.0. The van der Waals surface area contributed by atoms with E-state index in [2.05, 4.69) is 6.58 Å². The molecule has 4 nitrogen and oxygen atoms in total. The van der Waals surface area contributed by atoms with Crippen LogP contribution in [0.3, 0.4) is 0 Å². The molecule has 0 aromatic heterocycles. The van der Waals surface area contributed by atoms with Gasteiger partial charge >= 0.3 is 0 Å². The van der Waals surface area contributed by atoms with E-state index in [1.807, 2.05) is 31.2 Å². The molecule has 1 aromatic rings. The van der Waals surface area contributed by atoms with Gasteiger partial charge in [0.2, 0.25) is 0 Å². The average molecular weight is 256 g/mol. The molecule has 0 radical (unpaired) electrons. The fourth-order valence-electron chi connectivity index (χ4n) is 1.33. The summed E-state index contributed by atoms with van der Waals surface area (Å²) in [6.07, 6.45) is 0.700. The van der Waals surface area contributed by atoms with E-state index < -0.39 is 10.1 Å². The highest BCUT2D eigenvalue weighted by atomic mass is 32.2. The molecule has 0 spiro atoms. The molecule has 0 aliphatic heterocycles. The van der Waals surface area contributed by atoms with Gasteiger partial charge in [0.25, 0.3) is 10.1 Å². The Bertz CT molecular complexity index is 491. The molecule has 94 valence electrons. The highest BCUT2D eigenvalue weighted by molar-refractivity contribution is 7.89. The highest BCUT2D eigenvalue weighted by Gasteiger charge is 2.10. The fraction of sp³-hybridized carbons (Fsp3) is 0.333. The van der Waals surface area contributed by atoms with E-state index in [4.69, 9.17) is 9.29 Å². The van der Waals surface area contributed by atoms with E-state index in [0.717, 1.165) is 5.56 Å². The van der Waals surface area contributed by atoms with Crippen molar-refractivity contribution in [2.45, 2.75) is 13.3 Å². The largest absolute Gasteiger partial charge is 0.376 e. The molecule has 0 fully saturated rings. The van der Waals surface area contributed by atoms with Crippen molar-refractivity contribution in [3.63, 3.8) is 0 Å². The number of rotatable bonds is 6. The minimum Gasteiger partial charge on any atom is -0.376 e. The van der Waals surface area contributed by atoms with Crippen molar-refractivity contribution in [3.05, 3.63) is 46.9 Å². The lowest BCUT2D eigenvalue weighted by Gasteiger charge is -2.07. The van der Waals surface area contributed by atoms with Crippen LogP contribution in [0.1, 0.15) is 11.1 Å². The van der Waals surface area contributed by atoms with Crippen molar-refractivity contribution in [1.82, 2.24) is 0 Å². The van der Waals surface area contributed by atoms with E-state index in [1.165, 1.54) is 5.56 Å². The predicted molar refractivity (Wildman–Crippen MR) is 66.4 cm³/mol. The van der Waals surface area contributed by atoms with Gasteiger partial charge in [0, 0.05) is 0 Å². The van der Waals surface area contributed by atoms with Crippen molar-refractivity contribution in [2.24, 2.45) is 0 Å². The topological polar surface area (TPSA) is 63.6 Å². The first kappa shape index (κ1) is 13.9. The molecule has 0 unspecified atom stereocenters. The van der Waals surface area contributed by atoms with Crippen molar-refractivity contribution in [1.29, 1.82) is 0 Å². The van der Waals surface area contributed by atoms with Crippen LogP contribution in [0.25, 0.3) is 0 Å². The molecule has 5 heteroatoms. The molecule has 1 rings (SSSR count). The van der Waals surface area contributed by atoms with Gasteiger partial charge < -0.3 is 4.74 Å². The van der Waals surface area contributed by atoms with Crippen molar-refractivity contribution >= 4 is 10.1 Å². The fourth-order valence-corrected chi connectivity index (χ4v) is 1.57. The third-order valence-corrected chi connectivity index (χ3v) is 3.25. The molecule has 0 aliphatic rings. The van der Waals surface area contributed by atoms with Crippen LogP contribution in [0.4, 0.5) is 0 Å². The van der Waals surface area contributed by atoms with Crippen LogP contribution in [-0.2, 0) is 21.3 Å². The van der Waals surface area contributed by atoms with Gasteiger partial charge in [-0.1, -0.05) is 30.8 Å². The molecule has 17 heavy (non-hydrogen) atoms. The number of ether oxygens (including phenoxy) is 1. The Labute approximate surface area is 102 Å². The average Bonchev–Trinajstić information content (AvgIpc) is 2.25. The van der Waals surface area contributed by atoms with Gasteiger partial charge in [0.1, 0.15) is 0 Å². The lowest BCUT2D eigenvalue weighted by molar-refractivity contribution is 0.162. The summed E-state index contributed by atoms with van der Waals surface area (Å²) in [4.78, 5) is -0.317. The first-order valence-electron chi connectivity index (χ1n) is 5.19. The van der Waals surface area contributed by atoms with Crippen LogP contribution < -0.4 is 0 Å². The maximum atomic E-state index is 10.6. The second-order valence-electron chi connectivity index (χ2n) is 3.74. The number of aryl methyl sites for hydroxylation is 1. The predicted octanol–water partition coefficient (Wildman–Crippen LogP) is 1.96. The Kier molecular flexibility index (Phi) is 4.86. The number of benzene rings is 1. The maximum absolute atomic E-state index is 10.6. The minimum atomic E-state index is -4.18. The van der Waals surface area contributed by atoms with Crippen molar-refractivity contribution < 1.29 is 17.7 Å². The zero-order valence-electron chi connectivity index (χ0n) is 9.72. The standard InChI is InChI=1S/C12H16O4S/c1-10-5-3-4-6-12(10)7-8-16-9-11(2)17(13,14)15/h3-6H,2,7-9H2,1H3,(H,13,14,15). The minimum absolute atomic E-state index is 0.176. The molecular weight excluding hydrogens is 240 g/mol. The SMILES string of the molecule is C=C(COCCc1ccccc1C)S(=O)(=O)O. The molecule has 0 heterocycles. The van der Waals surface area contributed by atoms with E-state index in [1.54, 1.807) is 0 Å². The highest BCUT2D eigenvalue weighted by Crippen LogP contribution is 2.08. The van der Waals surface area contributed by atoms with Crippen LogP contribution in [0.5, 0.6) is 0 Å². The monoisotopic (exact) mass is 256 g/mol. The molecule has 1 N–H and O–H groups in total. The molecule has 0 saturated heterocycles. The van der Waals surface area contributed by atoms with Gasteiger partial charge in [-0.15, -0.1) is 0 Å². The first-order valence-corrected chi connectivity index (χ1v) is 6.63. The third-order valence-electron chi connectivity index (χ3n) is 2.40. The summed E-state index contributed by atoms with van der Waals surface area (Å²) in [7, 11) is -4.18. The number of hydrogen-bond acceptors (Lipinski definition) is 3. The van der Waals surface area contributed by atoms with Crippen LogP contribution in [-0.4, -0.2) is 26.2 Å². The lowest BCUT2D eigenvalue weighted by atomic mass is 10.1. The Hall–Kier alpha value is -1.17. The summed E-state index contributed by atoms with van der Waals surface area (Å²) in [5, 5.41) is 0. The molecule has 0 saturated carbocycles. The van der Waals surface area contributed by atoms with Gasteiger partial charge in [-0.25, -0.2) is 0 Å². The van der Waals surface area contributed by atoms with Gasteiger partial charge in [-0.05, 0) is 24.5 Å².